The molecule has 0 fully saturated rings. The summed E-state index contributed by atoms with van der Waals surface area (Å²) in [6, 6.07) is 14.5. The van der Waals surface area contributed by atoms with Crippen molar-refractivity contribution < 1.29 is 14.3 Å². The Morgan fingerprint density at radius 2 is 1.75 bits per heavy atom. The Morgan fingerprint density at radius 1 is 1.03 bits per heavy atom. The Balaban J connectivity index is 1.66. The first kappa shape index (κ1) is 21.3. The van der Waals surface area contributed by atoms with E-state index in [0.717, 1.165) is 11.1 Å². The maximum Gasteiger partial charge on any atom is 0.268 e. The average Bonchev–Trinajstić information content (AvgIpc) is 3.29. The molecule has 1 amide bonds. The molecule has 4 rings (SSSR count). The van der Waals surface area contributed by atoms with Crippen LogP contribution in [-0.2, 0) is 0 Å². The molecule has 0 aliphatic carbocycles. The molecule has 0 aliphatic heterocycles. The van der Waals surface area contributed by atoms with Crippen LogP contribution in [0.5, 0.6) is 0 Å². The Morgan fingerprint density at radius 3 is 2.44 bits per heavy atom. The molecule has 162 valence electrons. The van der Waals surface area contributed by atoms with Crippen LogP contribution in [0.4, 0.5) is 0 Å². The second kappa shape index (κ2) is 8.68. The molecule has 0 saturated heterocycles. The SMILES string of the molecule is Cc1ncc(-c2ccc(C(=O)N(C)C)cc2)nc1-c1nnc(-c2cccc(C(C)O)c2)o1. The van der Waals surface area contributed by atoms with Crippen LogP contribution >= 0.6 is 0 Å². The van der Waals surface area contributed by atoms with Gasteiger partial charge in [-0.3, -0.25) is 9.78 Å². The summed E-state index contributed by atoms with van der Waals surface area (Å²) in [5.74, 6) is 0.527. The summed E-state index contributed by atoms with van der Waals surface area (Å²) in [5, 5.41) is 18.1. The van der Waals surface area contributed by atoms with E-state index in [4.69, 9.17) is 4.42 Å². The summed E-state index contributed by atoms with van der Waals surface area (Å²) < 4.78 is 5.88. The summed E-state index contributed by atoms with van der Waals surface area (Å²) in [7, 11) is 3.43. The molecule has 0 saturated carbocycles. The van der Waals surface area contributed by atoms with Gasteiger partial charge in [0, 0.05) is 30.8 Å². The van der Waals surface area contributed by atoms with Gasteiger partial charge in [0.2, 0.25) is 5.89 Å². The third kappa shape index (κ3) is 4.26. The standard InChI is InChI=1S/C24H23N5O3/c1-14-21(23-28-27-22(32-23)19-7-5-6-18(12-19)15(2)30)26-20(13-25-14)16-8-10-17(11-9-16)24(31)29(3)4/h5-13,15,30H,1-4H3. The fourth-order valence-electron chi connectivity index (χ4n) is 3.20. The molecule has 2 aromatic carbocycles. The number of nitrogens with zero attached hydrogens (tertiary/aromatic N) is 5. The molecule has 4 aromatic rings. The van der Waals surface area contributed by atoms with Crippen LogP contribution in [0.2, 0.25) is 0 Å². The summed E-state index contributed by atoms with van der Waals surface area (Å²) in [6.07, 6.45) is 1.08. The smallest absolute Gasteiger partial charge is 0.268 e. The molecule has 8 heteroatoms. The van der Waals surface area contributed by atoms with Crippen molar-refractivity contribution in [2.45, 2.75) is 20.0 Å². The maximum absolute atomic E-state index is 12.1. The summed E-state index contributed by atoms with van der Waals surface area (Å²) in [5.41, 5.74) is 4.66. The molecule has 2 heterocycles. The molecule has 1 N–H and O–H groups in total. The normalized spacial score (nSPS) is 11.9. The number of carbonyl (C=O) groups excluding carboxylic acids is 1. The van der Waals surface area contributed by atoms with Gasteiger partial charge in [0.1, 0.15) is 5.69 Å². The van der Waals surface area contributed by atoms with Crippen molar-refractivity contribution in [3.63, 3.8) is 0 Å². The Kier molecular flexibility index (Phi) is 5.79. The molecule has 8 nitrogen and oxygen atoms in total. The van der Waals surface area contributed by atoms with Crippen LogP contribution < -0.4 is 0 Å². The number of amides is 1. The van der Waals surface area contributed by atoms with Crippen molar-refractivity contribution in [1.29, 1.82) is 0 Å². The maximum atomic E-state index is 12.1. The van der Waals surface area contributed by atoms with Crippen molar-refractivity contribution >= 4 is 5.91 Å². The van der Waals surface area contributed by atoms with E-state index >= 15 is 0 Å². The molecular weight excluding hydrogens is 406 g/mol. The van der Waals surface area contributed by atoms with Crippen LogP contribution in [0.25, 0.3) is 34.3 Å². The van der Waals surface area contributed by atoms with E-state index in [0.29, 0.717) is 34.1 Å². The van der Waals surface area contributed by atoms with Crippen molar-refractivity contribution in [2.75, 3.05) is 14.1 Å². The first-order chi connectivity index (χ1) is 15.3. The second-order valence-corrected chi connectivity index (χ2v) is 7.68. The van der Waals surface area contributed by atoms with Gasteiger partial charge in [0.25, 0.3) is 11.8 Å². The van der Waals surface area contributed by atoms with Crippen LogP contribution in [0.15, 0.2) is 59.1 Å². The van der Waals surface area contributed by atoms with Gasteiger partial charge >= 0.3 is 0 Å². The van der Waals surface area contributed by atoms with Gasteiger partial charge in [-0.1, -0.05) is 24.3 Å². The van der Waals surface area contributed by atoms with Gasteiger partial charge in [-0.25, -0.2) is 4.98 Å². The number of rotatable bonds is 5. The number of aliphatic hydroxyl groups is 1. The molecule has 32 heavy (non-hydrogen) atoms. The zero-order chi connectivity index (χ0) is 22.8. The van der Waals surface area contributed by atoms with Gasteiger partial charge in [0.15, 0.2) is 0 Å². The topological polar surface area (TPSA) is 105 Å². The van der Waals surface area contributed by atoms with E-state index in [9.17, 15) is 9.90 Å². The van der Waals surface area contributed by atoms with E-state index < -0.39 is 6.10 Å². The lowest BCUT2D eigenvalue weighted by Gasteiger charge is -2.10. The highest BCUT2D eigenvalue weighted by molar-refractivity contribution is 5.94. The van der Waals surface area contributed by atoms with Gasteiger partial charge < -0.3 is 14.4 Å². The van der Waals surface area contributed by atoms with Gasteiger partial charge in [0.05, 0.1) is 23.7 Å². The minimum absolute atomic E-state index is 0.0646. The lowest BCUT2D eigenvalue weighted by molar-refractivity contribution is 0.0827. The first-order valence-corrected chi connectivity index (χ1v) is 10.1. The van der Waals surface area contributed by atoms with Crippen molar-refractivity contribution in [3.05, 3.63) is 71.5 Å². The first-order valence-electron chi connectivity index (χ1n) is 10.1. The third-order valence-corrected chi connectivity index (χ3v) is 5.03. The average molecular weight is 429 g/mol. The molecule has 2 aromatic heterocycles. The number of aliphatic hydroxyl groups excluding tert-OH is 1. The Hall–Kier alpha value is -3.91. The number of hydrogen-bond donors (Lipinski definition) is 1. The second-order valence-electron chi connectivity index (χ2n) is 7.68. The molecule has 0 radical (unpaired) electrons. The molecule has 1 unspecified atom stereocenters. The van der Waals surface area contributed by atoms with E-state index in [1.54, 1.807) is 39.3 Å². The summed E-state index contributed by atoms with van der Waals surface area (Å²) in [4.78, 5) is 22.8. The molecule has 0 aliphatic rings. The Bertz CT molecular complexity index is 1260. The van der Waals surface area contributed by atoms with E-state index in [-0.39, 0.29) is 11.8 Å². The Labute approximate surface area is 185 Å². The predicted octanol–water partition coefficient (Wildman–Crippen LogP) is 3.92. The fourth-order valence-corrected chi connectivity index (χ4v) is 3.20. The molecular formula is C24H23N5O3. The van der Waals surface area contributed by atoms with Crippen LogP contribution in [0, 0.1) is 6.92 Å². The minimum atomic E-state index is -0.596. The highest BCUT2D eigenvalue weighted by Crippen LogP contribution is 2.28. The van der Waals surface area contributed by atoms with Gasteiger partial charge in [-0.05, 0) is 43.7 Å². The van der Waals surface area contributed by atoms with Crippen molar-refractivity contribution in [2.24, 2.45) is 0 Å². The van der Waals surface area contributed by atoms with Crippen LogP contribution in [0.3, 0.4) is 0 Å². The van der Waals surface area contributed by atoms with E-state index in [1.807, 2.05) is 43.3 Å². The van der Waals surface area contributed by atoms with Crippen molar-refractivity contribution in [1.82, 2.24) is 25.1 Å². The number of aromatic nitrogens is 4. The minimum Gasteiger partial charge on any atom is -0.415 e. The van der Waals surface area contributed by atoms with Gasteiger partial charge in [-0.15, -0.1) is 10.2 Å². The lowest BCUT2D eigenvalue weighted by atomic mass is 10.1. The quantitative estimate of drug-likeness (QED) is 0.512. The van der Waals surface area contributed by atoms with Gasteiger partial charge in [-0.2, -0.15) is 0 Å². The number of benzene rings is 2. The number of carbonyl (C=O) groups is 1. The van der Waals surface area contributed by atoms with E-state index in [1.165, 1.54) is 4.90 Å². The fraction of sp³-hybridized carbons (Fsp3) is 0.208. The number of aryl methyl sites for hydroxylation is 1. The number of hydrogen-bond acceptors (Lipinski definition) is 7. The molecule has 0 bridgehead atoms. The summed E-state index contributed by atoms with van der Waals surface area (Å²) >= 11 is 0. The predicted molar refractivity (Wildman–Crippen MR) is 120 cm³/mol. The zero-order valence-corrected chi connectivity index (χ0v) is 18.3. The summed E-state index contributed by atoms with van der Waals surface area (Å²) in [6.45, 7) is 3.52. The van der Waals surface area contributed by atoms with E-state index in [2.05, 4.69) is 20.2 Å². The van der Waals surface area contributed by atoms with Crippen LogP contribution in [-0.4, -0.2) is 50.2 Å². The zero-order valence-electron chi connectivity index (χ0n) is 18.3. The van der Waals surface area contributed by atoms with Crippen LogP contribution in [0.1, 0.15) is 34.6 Å². The lowest BCUT2D eigenvalue weighted by Crippen LogP contribution is -2.21. The third-order valence-electron chi connectivity index (χ3n) is 5.03. The van der Waals surface area contributed by atoms with Crippen molar-refractivity contribution in [3.8, 4) is 34.3 Å². The monoisotopic (exact) mass is 429 g/mol. The molecule has 1 atom stereocenters. The largest absolute Gasteiger partial charge is 0.415 e. The highest BCUT2D eigenvalue weighted by Gasteiger charge is 2.17. The molecule has 0 spiro atoms. The highest BCUT2D eigenvalue weighted by atomic mass is 16.4.